The summed E-state index contributed by atoms with van der Waals surface area (Å²) in [6, 6.07) is 6.49. The van der Waals surface area contributed by atoms with E-state index in [-0.39, 0.29) is 5.92 Å². The van der Waals surface area contributed by atoms with Crippen molar-refractivity contribution in [3.05, 3.63) is 22.4 Å². The van der Waals surface area contributed by atoms with Crippen LogP contribution in [0.5, 0.6) is 0 Å². The summed E-state index contributed by atoms with van der Waals surface area (Å²) >= 11 is 1.78. The third-order valence-electron chi connectivity index (χ3n) is 2.16. The van der Waals surface area contributed by atoms with Gasteiger partial charge in [0.15, 0.2) is 0 Å². The van der Waals surface area contributed by atoms with E-state index in [1.165, 1.54) is 4.88 Å². The van der Waals surface area contributed by atoms with E-state index >= 15 is 0 Å². The van der Waals surface area contributed by atoms with Gasteiger partial charge in [-0.2, -0.15) is 5.26 Å². The van der Waals surface area contributed by atoms with Gasteiger partial charge >= 0.3 is 0 Å². The second-order valence-electron chi connectivity index (χ2n) is 3.44. The normalized spacial score (nSPS) is 12.7. The van der Waals surface area contributed by atoms with Gasteiger partial charge in [0.05, 0.1) is 12.0 Å². The van der Waals surface area contributed by atoms with Crippen LogP contribution in [0.25, 0.3) is 0 Å². The molecule has 0 radical (unpaired) electrons. The van der Waals surface area contributed by atoms with Crippen molar-refractivity contribution in [2.45, 2.75) is 20.4 Å². The summed E-state index contributed by atoms with van der Waals surface area (Å²) in [5.74, 6) is 0.120. The minimum absolute atomic E-state index is 0.120. The highest BCUT2D eigenvalue weighted by atomic mass is 32.1. The van der Waals surface area contributed by atoms with Gasteiger partial charge in [-0.05, 0) is 24.9 Å². The molecule has 76 valence electrons. The zero-order valence-corrected chi connectivity index (χ0v) is 9.55. The Morgan fingerprint density at radius 3 is 2.93 bits per heavy atom. The lowest BCUT2D eigenvalue weighted by atomic mass is 10.2. The number of hydrogen-bond donors (Lipinski definition) is 0. The minimum atomic E-state index is 0.120. The Labute approximate surface area is 89.8 Å². The first-order chi connectivity index (χ1) is 6.76. The smallest absolute Gasteiger partial charge is 0.0666 e. The Morgan fingerprint density at radius 1 is 1.64 bits per heavy atom. The van der Waals surface area contributed by atoms with Gasteiger partial charge < -0.3 is 0 Å². The van der Waals surface area contributed by atoms with Crippen molar-refractivity contribution in [1.82, 2.24) is 4.90 Å². The summed E-state index contributed by atoms with van der Waals surface area (Å²) in [5, 5.41) is 10.8. The molecule has 0 saturated carbocycles. The van der Waals surface area contributed by atoms with Gasteiger partial charge in [-0.3, -0.25) is 4.90 Å². The van der Waals surface area contributed by atoms with Gasteiger partial charge in [-0.1, -0.05) is 13.0 Å². The third-order valence-corrected chi connectivity index (χ3v) is 3.02. The highest BCUT2D eigenvalue weighted by molar-refractivity contribution is 7.09. The Hall–Kier alpha value is -0.850. The molecule has 0 N–H and O–H groups in total. The molecular formula is C11H16N2S. The van der Waals surface area contributed by atoms with Gasteiger partial charge in [0.25, 0.3) is 0 Å². The average Bonchev–Trinajstić information content (AvgIpc) is 2.69. The fourth-order valence-corrected chi connectivity index (χ4v) is 2.10. The second-order valence-corrected chi connectivity index (χ2v) is 4.47. The van der Waals surface area contributed by atoms with Crippen molar-refractivity contribution in [3.8, 4) is 6.07 Å². The van der Waals surface area contributed by atoms with Crippen LogP contribution in [0.3, 0.4) is 0 Å². The second kappa shape index (κ2) is 5.79. The summed E-state index contributed by atoms with van der Waals surface area (Å²) in [5.41, 5.74) is 0. The maximum Gasteiger partial charge on any atom is 0.0666 e. The Kier molecular flexibility index (Phi) is 4.64. The molecule has 1 unspecified atom stereocenters. The molecule has 0 aliphatic heterocycles. The van der Waals surface area contributed by atoms with Crippen LogP contribution in [-0.4, -0.2) is 18.0 Å². The van der Waals surface area contributed by atoms with Crippen LogP contribution in [0.2, 0.25) is 0 Å². The van der Waals surface area contributed by atoms with Crippen LogP contribution in [0.4, 0.5) is 0 Å². The average molecular weight is 208 g/mol. The number of nitrogens with zero attached hydrogens (tertiary/aromatic N) is 2. The topological polar surface area (TPSA) is 27.0 Å². The van der Waals surface area contributed by atoms with E-state index in [0.29, 0.717) is 0 Å². The largest absolute Gasteiger partial charge is 0.297 e. The molecule has 2 nitrogen and oxygen atoms in total. The predicted octanol–water partition coefficient (Wildman–Crippen LogP) is 2.73. The molecule has 0 saturated heterocycles. The number of rotatable bonds is 5. The third kappa shape index (κ3) is 3.49. The van der Waals surface area contributed by atoms with Gasteiger partial charge in [0, 0.05) is 18.0 Å². The molecule has 0 fully saturated rings. The summed E-state index contributed by atoms with van der Waals surface area (Å²) in [6.45, 7) is 6.95. The summed E-state index contributed by atoms with van der Waals surface area (Å²) in [7, 11) is 0. The molecule has 1 rings (SSSR count). The Bertz CT molecular complexity index is 287. The zero-order valence-electron chi connectivity index (χ0n) is 8.73. The Morgan fingerprint density at radius 2 is 2.43 bits per heavy atom. The quantitative estimate of drug-likeness (QED) is 0.744. The number of nitriles is 1. The molecule has 1 aromatic rings. The SMILES string of the molecule is CCN(Cc1cccs1)CC(C)C#N. The molecule has 1 atom stereocenters. The van der Waals surface area contributed by atoms with Gasteiger partial charge in [0.1, 0.15) is 0 Å². The van der Waals surface area contributed by atoms with E-state index in [0.717, 1.165) is 19.6 Å². The van der Waals surface area contributed by atoms with E-state index in [1.807, 2.05) is 6.92 Å². The van der Waals surface area contributed by atoms with E-state index in [2.05, 4.69) is 35.4 Å². The molecular weight excluding hydrogens is 192 g/mol. The van der Waals surface area contributed by atoms with Crippen LogP contribution in [-0.2, 0) is 6.54 Å². The lowest BCUT2D eigenvalue weighted by Gasteiger charge is -2.20. The molecule has 0 bridgehead atoms. The summed E-state index contributed by atoms with van der Waals surface area (Å²) < 4.78 is 0. The number of thiophene rings is 1. The van der Waals surface area contributed by atoms with Gasteiger partial charge in [0.2, 0.25) is 0 Å². The van der Waals surface area contributed by atoms with E-state index in [9.17, 15) is 0 Å². The van der Waals surface area contributed by atoms with Crippen LogP contribution in [0, 0.1) is 17.2 Å². The van der Waals surface area contributed by atoms with Crippen LogP contribution >= 0.6 is 11.3 Å². The van der Waals surface area contributed by atoms with Crippen molar-refractivity contribution in [1.29, 1.82) is 5.26 Å². The van der Waals surface area contributed by atoms with Crippen molar-refractivity contribution in [2.24, 2.45) is 5.92 Å². The minimum Gasteiger partial charge on any atom is -0.297 e. The molecule has 3 heteroatoms. The molecule has 0 amide bonds. The van der Waals surface area contributed by atoms with Crippen LogP contribution in [0.15, 0.2) is 17.5 Å². The first-order valence-electron chi connectivity index (χ1n) is 4.90. The lowest BCUT2D eigenvalue weighted by Crippen LogP contribution is -2.27. The highest BCUT2D eigenvalue weighted by Gasteiger charge is 2.08. The van der Waals surface area contributed by atoms with Crippen LogP contribution < -0.4 is 0 Å². The maximum atomic E-state index is 8.73. The van der Waals surface area contributed by atoms with Gasteiger partial charge in [-0.15, -0.1) is 11.3 Å². The molecule has 1 heterocycles. The summed E-state index contributed by atoms with van der Waals surface area (Å²) in [6.07, 6.45) is 0. The molecule has 0 aromatic carbocycles. The van der Waals surface area contributed by atoms with E-state index in [1.54, 1.807) is 11.3 Å². The molecule has 1 aromatic heterocycles. The fourth-order valence-electron chi connectivity index (χ4n) is 1.36. The van der Waals surface area contributed by atoms with Crippen molar-refractivity contribution in [2.75, 3.05) is 13.1 Å². The summed E-state index contributed by atoms with van der Waals surface area (Å²) in [4.78, 5) is 3.68. The van der Waals surface area contributed by atoms with Crippen molar-refractivity contribution in [3.63, 3.8) is 0 Å². The van der Waals surface area contributed by atoms with E-state index in [4.69, 9.17) is 5.26 Å². The Balaban J connectivity index is 2.44. The van der Waals surface area contributed by atoms with Gasteiger partial charge in [-0.25, -0.2) is 0 Å². The van der Waals surface area contributed by atoms with Crippen molar-refractivity contribution >= 4 is 11.3 Å². The highest BCUT2D eigenvalue weighted by Crippen LogP contribution is 2.12. The standard InChI is InChI=1S/C11H16N2S/c1-3-13(8-10(2)7-12)9-11-5-4-6-14-11/h4-6,10H,3,8-9H2,1-2H3. The predicted molar refractivity (Wildman–Crippen MR) is 60.0 cm³/mol. The first-order valence-corrected chi connectivity index (χ1v) is 5.78. The molecule has 0 spiro atoms. The van der Waals surface area contributed by atoms with Crippen LogP contribution in [0.1, 0.15) is 18.7 Å². The fraction of sp³-hybridized carbons (Fsp3) is 0.545. The lowest BCUT2D eigenvalue weighted by molar-refractivity contribution is 0.262. The van der Waals surface area contributed by atoms with E-state index < -0.39 is 0 Å². The first kappa shape index (κ1) is 11.2. The van der Waals surface area contributed by atoms with Crippen molar-refractivity contribution < 1.29 is 0 Å². The monoisotopic (exact) mass is 208 g/mol. The zero-order chi connectivity index (χ0) is 10.4. The number of hydrogen-bond acceptors (Lipinski definition) is 3. The molecule has 14 heavy (non-hydrogen) atoms. The molecule has 0 aliphatic rings. The molecule has 0 aliphatic carbocycles. The maximum absolute atomic E-state index is 8.73.